The summed E-state index contributed by atoms with van der Waals surface area (Å²) in [7, 11) is 1.89. The second kappa shape index (κ2) is 5.64. The number of amides is 1. The highest BCUT2D eigenvalue weighted by Gasteiger charge is 2.30. The molecule has 2 aliphatic heterocycles. The lowest BCUT2D eigenvalue weighted by Gasteiger charge is -2.22. The highest BCUT2D eigenvalue weighted by Crippen LogP contribution is 2.38. The topological polar surface area (TPSA) is 50.2 Å². The molecule has 0 atom stereocenters. The minimum atomic E-state index is -0.647. The van der Waals surface area contributed by atoms with Crippen LogP contribution in [0.5, 0.6) is 0 Å². The van der Waals surface area contributed by atoms with Gasteiger partial charge in [-0.2, -0.15) is 5.10 Å². The number of nitrogens with one attached hydrogen (secondary N) is 1. The van der Waals surface area contributed by atoms with E-state index in [4.69, 9.17) is 0 Å². The zero-order valence-corrected chi connectivity index (χ0v) is 14.6. The smallest absolute Gasteiger partial charge is 0.251 e. The van der Waals surface area contributed by atoms with E-state index in [1.54, 1.807) is 10.7 Å². The Morgan fingerprint density at radius 2 is 1.96 bits per heavy atom. The van der Waals surface area contributed by atoms with Crippen molar-refractivity contribution in [1.29, 1.82) is 0 Å². The molecule has 0 saturated carbocycles. The zero-order valence-electron chi connectivity index (χ0n) is 14.6. The van der Waals surface area contributed by atoms with Gasteiger partial charge in [0.1, 0.15) is 11.6 Å². The van der Waals surface area contributed by atoms with E-state index in [2.05, 4.69) is 15.3 Å². The number of aryl methyl sites for hydroxylation is 1. The Morgan fingerprint density at radius 1 is 1.11 bits per heavy atom. The van der Waals surface area contributed by atoms with Gasteiger partial charge in [-0.05, 0) is 29.8 Å². The van der Waals surface area contributed by atoms with E-state index in [0.717, 1.165) is 28.6 Å². The summed E-state index contributed by atoms with van der Waals surface area (Å²) in [5.74, 6) is -1.45. The summed E-state index contributed by atoms with van der Waals surface area (Å²) in [6.07, 6.45) is 1.99. The third-order valence-electron chi connectivity index (χ3n) is 5.17. The molecule has 5 nitrogen and oxygen atoms in total. The fraction of sp³-hybridized carbons (Fsp3) is 0.200. The van der Waals surface area contributed by atoms with Crippen LogP contribution in [0.25, 0.3) is 11.1 Å². The number of aromatic nitrogens is 2. The van der Waals surface area contributed by atoms with Crippen LogP contribution in [0, 0.1) is 11.6 Å². The van der Waals surface area contributed by atoms with Gasteiger partial charge in [0.25, 0.3) is 5.91 Å². The van der Waals surface area contributed by atoms with Gasteiger partial charge in [-0.3, -0.25) is 9.48 Å². The summed E-state index contributed by atoms with van der Waals surface area (Å²) in [5, 5.41) is 7.31. The van der Waals surface area contributed by atoms with Gasteiger partial charge in [0.2, 0.25) is 0 Å². The van der Waals surface area contributed by atoms with Crippen molar-refractivity contribution in [1.82, 2.24) is 15.1 Å². The third-order valence-corrected chi connectivity index (χ3v) is 5.17. The van der Waals surface area contributed by atoms with Crippen molar-refractivity contribution in [3.05, 3.63) is 70.5 Å². The molecule has 0 bridgehead atoms. The zero-order chi connectivity index (χ0) is 18.7. The molecule has 2 aliphatic rings. The fourth-order valence-electron chi connectivity index (χ4n) is 3.93. The number of hydrogen-bond acceptors (Lipinski definition) is 3. The Morgan fingerprint density at radius 3 is 2.74 bits per heavy atom. The number of benzene rings is 2. The van der Waals surface area contributed by atoms with Crippen molar-refractivity contribution in [2.45, 2.75) is 19.6 Å². The highest BCUT2D eigenvalue weighted by atomic mass is 19.1. The first kappa shape index (κ1) is 16.0. The second-order valence-electron chi connectivity index (χ2n) is 6.96. The van der Waals surface area contributed by atoms with Crippen LogP contribution < -0.4 is 10.2 Å². The fourth-order valence-corrected chi connectivity index (χ4v) is 3.93. The van der Waals surface area contributed by atoms with Crippen LogP contribution in [0.2, 0.25) is 0 Å². The Balaban J connectivity index is 1.63. The number of carbonyl (C=O) groups excluding carboxylic acids is 1. The first-order valence-corrected chi connectivity index (χ1v) is 8.66. The van der Waals surface area contributed by atoms with Crippen LogP contribution >= 0.6 is 0 Å². The van der Waals surface area contributed by atoms with E-state index in [1.165, 1.54) is 12.1 Å². The van der Waals surface area contributed by atoms with E-state index in [-0.39, 0.29) is 11.5 Å². The molecule has 1 aromatic heterocycles. The molecular formula is C20H16F2N4O. The van der Waals surface area contributed by atoms with E-state index < -0.39 is 11.6 Å². The van der Waals surface area contributed by atoms with Crippen LogP contribution in [-0.4, -0.2) is 15.7 Å². The van der Waals surface area contributed by atoms with E-state index in [1.807, 2.05) is 19.3 Å². The average molecular weight is 366 g/mol. The summed E-state index contributed by atoms with van der Waals surface area (Å²) in [6, 6.07) is 7.04. The van der Waals surface area contributed by atoms with Gasteiger partial charge < -0.3 is 10.2 Å². The van der Waals surface area contributed by atoms with Gasteiger partial charge in [0.15, 0.2) is 0 Å². The summed E-state index contributed by atoms with van der Waals surface area (Å²) in [4.78, 5) is 14.4. The number of halogens is 2. The number of carbonyl (C=O) groups is 1. The van der Waals surface area contributed by atoms with Gasteiger partial charge in [0.05, 0.1) is 12.2 Å². The maximum atomic E-state index is 14.3. The molecule has 3 aromatic rings. The summed E-state index contributed by atoms with van der Waals surface area (Å²) in [5.41, 5.74) is 5.30. The molecule has 0 aliphatic carbocycles. The summed E-state index contributed by atoms with van der Waals surface area (Å²) in [6.45, 7) is 1.75. The molecule has 3 heterocycles. The molecule has 0 saturated heterocycles. The lowest BCUT2D eigenvalue weighted by Crippen LogP contribution is -2.18. The van der Waals surface area contributed by atoms with Gasteiger partial charge in [-0.15, -0.1) is 0 Å². The number of nitrogens with zero attached hydrogens (tertiary/aromatic N) is 3. The minimum absolute atomic E-state index is 0.175. The lowest BCUT2D eigenvalue weighted by atomic mass is 9.97. The molecule has 5 rings (SSSR count). The molecule has 0 fully saturated rings. The molecule has 136 valence electrons. The predicted molar refractivity (Wildman–Crippen MR) is 96.1 cm³/mol. The van der Waals surface area contributed by atoms with Crippen molar-refractivity contribution < 1.29 is 13.6 Å². The summed E-state index contributed by atoms with van der Waals surface area (Å²) >= 11 is 0. The monoisotopic (exact) mass is 366 g/mol. The number of fused-ring (bicyclic) bond motifs is 2. The van der Waals surface area contributed by atoms with Crippen molar-refractivity contribution >= 4 is 11.6 Å². The Hall–Kier alpha value is -3.22. The summed E-state index contributed by atoms with van der Waals surface area (Å²) < 4.78 is 29.4. The van der Waals surface area contributed by atoms with E-state index in [0.29, 0.717) is 30.8 Å². The van der Waals surface area contributed by atoms with Crippen LogP contribution in [0.3, 0.4) is 0 Å². The SMILES string of the molecule is Cn1cc2c(n1)CN(c1cc(-c3ccc(F)cc3F)cc3c1CNC3=O)C2. The Kier molecular flexibility index (Phi) is 3.34. The standard InChI is InChI=1S/C20H16F2N4O/c1-25-8-12-9-26(10-18(12)24-25)19-5-11(4-15-16(19)7-23-20(15)27)14-3-2-13(21)6-17(14)22/h2-6,8H,7,9-10H2,1H3,(H,23,27). The van der Waals surface area contributed by atoms with Crippen molar-refractivity contribution in [3.63, 3.8) is 0 Å². The van der Waals surface area contributed by atoms with Gasteiger partial charge in [-0.1, -0.05) is 0 Å². The van der Waals surface area contributed by atoms with Gasteiger partial charge in [-0.25, -0.2) is 8.78 Å². The second-order valence-corrected chi connectivity index (χ2v) is 6.96. The first-order chi connectivity index (χ1) is 13.0. The quantitative estimate of drug-likeness (QED) is 0.758. The molecule has 0 radical (unpaired) electrons. The predicted octanol–water partition coefficient (Wildman–Crippen LogP) is 3.13. The van der Waals surface area contributed by atoms with Crippen molar-refractivity contribution in [3.8, 4) is 11.1 Å². The van der Waals surface area contributed by atoms with Crippen molar-refractivity contribution in [2.75, 3.05) is 4.90 Å². The van der Waals surface area contributed by atoms with Gasteiger partial charge in [0, 0.05) is 60.3 Å². The molecular weight excluding hydrogens is 350 g/mol. The van der Waals surface area contributed by atoms with Crippen LogP contribution in [-0.2, 0) is 26.7 Å². The largest absolute Gasteiger partial charge is 0.361 e. The van der Waals surface area contributed by atoms with E-state index in [9.17, 15) is 13.6 Å². The molecule has 1 amide bonds. The third kappa shape index (κ3) is 2.50. The molecule has 2 aromatic carbocycles. The average Bonchev–Trinajstić information content (AvgIpc) is 3.27. The van der Waals surface area contributed by atoms with Crippen LogP contribution in [0.15, 0.2) is 36.5 Å². The molecule has 0 unspecified atom stereocenters. The highest BCUT2D eigenvalue weighted by molar-refractivity contribution is 6.01. The molecule has 1 N–H and O–H groups in total. The van der Waals surface area contributed by atoms with Crippen LogP contribution in [0.1, 0.15) is 27.2 Å². The Bertz CT molecular complexity index is 1080. The molecule has 7 heteroatoms. The Labute approximate surface area is 154 Å². The molecule has 27 heavy (non-hydrogen) atoms. The van der Waals surface area contributed by atoms with Crippen molar-refractivity contribution in [2.24, 2.45) is 7.05 Å². The maximum Gasteiger partial charge on any atom is 0.251 e. The lowest BCUT2D eigenvalue weighted by molar-refractivity contribution is 0.0966. The molecule has 0 spiro atoms. The minimum Gasteiger partial charge on any atom is -0.361 e. The normalized spacial score (nSPS) is 15.1. The number of hydrogen-bond donors (Lipinski definition) is 1. The maximum absolute atomic E-state index is 14.3. The number of rotatable bonds is 2. The first-order valence-electron chi connectivity index (χ1n) is 8.66. The number of anilines is 1. The van der Waals surface area contributed by atoms with Crippen LogP contribution in [0.4, 0.5) is 14.5 Å². The van der Waals surface area contributed by atoms with Gasteiger partial charge >= 0.3 is 0 Å². The van der Waals surface area contributed by atoms with E-state index >= 15 is 0 Å².